The van der Waals surface area contributed by atoms with Crippen LogP contribution in [0.3, 0.4) is 0 Å². The summed E-state index contributed by atoms with van der Waals surface area (Å²) in [6, 6.07) is 10.7. The average Bonchev–Trinajstić information content (AvgIpc) is 2.44. The first-order chi connectivity index (χ1) is 10.0. The molecule has 0 aliphatic rings. The van der Waals surface area contributed by atoms with Crippen LogP contribution in [0.2, 0.25) is 5.02 Å². The zero-order valence-electron chi connectivity index (χ0n) is 11.5. The lowest BCUT2D eigenvalue weighted by atomic mass is 9.98. The number of halogens is 4. The van der Waals surface area contributed by atoms with E-state index < -0.39 is 0 Å². The van der Waals surface area contributed by atoms with Crippen molar-refractivity contribution in [2.24, 2.45) is 0 Å². The van der Waals surface area contributed by atoms with Gasteiger partial charge in [0.2, 0.25) is 0 Å². The molecule has 5 heteroatoms. The molecule has 1 nitrogen and oxygen atoms in total. The summed E-state index contributed by atoms with van der Waals surface area (Å²) in [5.41, 5.74) is 2.07. The van der Waals surface area contributed by atoms with Crippen LogP contribution in [0.4, 0.5) is 4.39 Å². The summed E-state index contributed by atoms with van der Waals surface area (Å²) < 4.78 is 15.2. The van der Waals surface area contributed by atoms with Crippen LogP contribution in [0.1, 0.15) is 24.1 Å². The normalized spacial score (nSPS) is 12.4. The van der Waals surface area contributed by atoms with Crippen LogP contribution in [-0.2, 0) is 6.42 Å². The Balaban J connectivity index is 2.32. The van der Waals surface area contributed by atoms with Crippen LogP contribution in [0.25, 0.3) is 0 Å². The molecule has 0 radical (unpaired) electrons. The molecule has 2 aromatic carbocycles. The Morgan fingerprint density at radius 3 is 2.62 bits per heavy atom. The number of hydrogen-bond donors (Lipinski definition) is 1. The maximum Gasteiger partial charge on any atom is 0.124 e. The Hall–Kier alpha value is -0.420. The average molecular weight is 436 g/mol. The third kappa shape index (κ3) is 4.52. The lowest BCUT2D eigenvalue weighted by molar-refractivity contribution is 0.546. The fourth-order valence-electron chi connectivity index (χ4n) is 2.23. The highest BCUT2D eigenvalue weighted by Gasteiger charge is 2.16. The van der Waals surface area contributed by atoms with Gasteiger partial charge in [0, 0.05) is 20.0 Å². The number of rotatable bonds is 5. The number of hydrogen-bond acceptors (Lipinski definition) is 1. The smallest absolute Gasteiger partial charge is 0.124 e. The highest BCUT2D eigenvalue weighted by atomic mass is 79.9. The lowest BCUT2D eigenvalue weighted by Gasteiger charge is -2.21. The van der Waals surface area contributed by atoms with Crippen LogP contribution >= 0.6 is 43.5 Å². The van der Waals surface area contributed by atoms with Crippen molar-refractivity contribution in [2.75, 3.05) is 6.54 Å². The van der Waals surface area contributed by atoms with E-state index in [1.54, 1.807) is 6.07 Å². The highest BCUT2D eigenvalue weighted by molar-refractivity contribution is 9.11. The third-order valence-electron chi connectivity index (χ3n) is 3.22. The molecular weight excluding hydrogens is 420 g/mol. The quantitative estimate of drug-likeness (QED) is 0.617. The summed E-state index contributed by atoms with van der Waals surface area (Å²) in [7, 11) is 0. The minimum atomic E-state index is -0.313. The Kier molecular flexibility index (Phi) is 6.23. The molecule has 0 heterocycles. The fraction of sp³-hybridized carbons (Fsp3) is 0.250. The van der Waals surface area contributed by atoms with E-state index in [1.165, 1.54) is 12.1 Å². The second kappa shape index (κ2) is 7.73. The van der Waals surface area contributed by atoms with Gasteiger partial charge in [0.05, 0.1) is 0 Å². The maximum atomic E-state index is 13.2. The molecule has 0 aliphatic heterocycles. The molecule has 0 fully saturated rings. The molecule has 21 heavy (non-hydrogen) atoms. The first-order valence-electron chi connectivity index (χ1n) is 6.63. The molecule has 0 spiro atoms. The fourth-order valence-corrected chi connectivity index (χ4v) is 3.37. The zero-order chi connectivity index (χ0) is 15.4. The van der Waals surface area contributed by atoms with Gasteiger partial charge in [0.1, 0.15) is 5.82 Å². The van der Waals surface area contributed by atoms with Gasteiger partial charge in [-0.05, 0) is 54.4 Å². The van der Waals surface area contributed by atoms with Gasteiger partial charge in [-0.25, -0.2) is 4.39 Å². The van der Waals surface area contributed by atoms with E-state index in [0.717, 1.165) is 26.6 Å². The second-order valence-corrected chi connectivity index (χ2v) is 6.89. The van der Waals surface area contributed by atoms with Crippen molar-refractivity contribution in [1.82, 2.24) is 5.32 Å². The van der Waals surface area contributed by atoms with E-state index in [1.807, 2.05) is 12.1 Å². The van der Waals surface area contributed by atoms with Gasteiger partial charge in [-0.2, -0.15) is 0 Å². The third-order valence-corrected chi connectivity index (χ3v) is 4.79. The van der Waals surface area contributed by atoms with E-state index in [-0.39, 0.29) is 11.9 Å². The van der Waals surface area contributed by atoms with Gasteiger partial charge < -0.3 is 5.32 Å². The summed E-state index contributed by atoms with van der Waals surface area (Å²) >= 11 is 13.2. The van der Waals surface area contributed by atoms with Crippen molar-refractivity contribution >= 4 is 43.5 Å². The van der Waals surface area contributed by atoms with Crippen molar-refractivity contribution in [3.8, 4) is 0 Å². The van der Waals surface area contributed by atoms with Crippen LogP contribution in [0, 0.1) is 5.82 Å². The molecule has 0 bridgehead atoms. The van der Waals surface area contributed by atoms with Crippen LogP contribution in [0.15, 0.2) is 45.3 Å². The van der Waals surface area contributed by atoms with Gasteiger partial charge in [0.25, 0.3) is 0 Å². The SMILES string of the molecule is CCNC(Cc1ccc(F)cc1Cl)c1cc(Br)ccc1Br. The largest absolute Gasteiger partial charge is 0.310 e. The molecule has 1 unspecified atom stereocenters. The van der Waals surface area contributed by atoms with Crippen molar-refractivity contribution in [3.63, 3.8) is 0 Å². The van der Waals surface area contributed by atoms with Crippen LogP contribution in [-0.4, -0.2) is 6.54 Å². The molecule has 0 saturated carbocycles. The Morgan fingerprint density at radius 2 is 1.95 bits per heavy atom. The lowest BCUT2D eigenvalue weighted by Crippen LogP contribution is -2.23. The second-order valence-electron chi connectivity index (χ2n) is 4.72. The molecular formula is C16H15Br2ClFN. The summed E-state index contributed by atoms with van der Waals surface area (Å²) in [6.45, 7) is 2.90. The Labute approximate surface area is 146 Å². The van der Waals surface area contributed by atoms with E-state index in [9.17, 15) is 4.39 Å². The van der Waals surface area contributed by atoms with Gasteiger partial charge in [-0.15, -0.1) is 0 Å². The minimum absolute atomic E-state index is 0.102. The van der Waals surface area contributed by atoms with Crippen LogP contribution in [0.5, 0.6) is 0 Å². The molecule has 2 aromatic rings. The molecule has 0 aliphatic carbocycles. The molecule has 2 rings (SSSR count). The molecule has 112 valence electrons. The Bertz CT molecular complexity index is 634. The topological polar surface area (TPSA) is 12.0 Å². The summed E-state index contributed by atoms with van der Waals surface area (Å²) in [4.78, 5) is 0. The van der Waals surface area contributed by atoms with Crippen molar-refractivity contribution < 1.29 is 4.39 Å². The summed E-state index contributed by atoms with van der Waals surface area (Å²) in [5.74, 6) is -0.313. The van der Waals surface area contributed by atoms with Gasteiger partial charge >= 0.3 is 0 Å². The van der Waals surface area contributed by atoms with Crippen molar-refractivity contribution in [3.05, 3.63) is 67.3 Å². The first kappa shape index (κ1) is 16.9. The zero-order valence-corrected chi connectivity index (χ0v) is 15.4. The molecule has 0 saturated heterocycles. The van der Waals surface area contributed by atoms with E-state index in [4.69, 9.17) is 11.6 Å². The molecule has 1 atom stereocenters. The van der Waals surface area contributed by atoms with E-state index in [0.29, 0.717) is 11.4 Å². The van der Waals surface area contributed by atoms with Gasteiger partial charge in [-0.1, -0.05) is 56.5 Å². The Morgan fingerprint density at radius 1 is 1.19 bits per heavy atom. The number of nitrogens with one attached hydrogen (secondary N) is 1. The standard InChI is InChI=1S/C16H15Br2ClFN/c1-2-21-16(13-8-11(17)4-6-14(13)18)7-10-3-5-12(20)9-15(10)19/h3-6,8-9,16,21H,2,7H2,1H3. The highest BCUT2D eigenvalue weighted by Crippen LogP contribution is 2.31. The van der Waals surface area contributed by atoms with Crippen molar-refractivity contribution in [2.45, 2.75) is 19.4 Å². The van der Waals surface area contributed by atoms with Crippen LogP contribution < -0.4 is 5.32 Å². The molecule has 0 amide bonds. The maximum absolute atomic E-state index is 13.2. The van der Waals surface area contributed by atoms with Gasteiger partial charge in [-0.3, -0.25) is 0 Å². The first-order valence-corrected chi connectivity index (χ1v) is 8.60. The summed E-state index contributed by atoms with van der Waals surface area (Å²) in [6.07, 6.45) is 0.696. The number of likely N-dealkylation sites (N-methyl/N-ethyl adjacent to an activating group) is 1. The van der Waals surface area contributed by atoms with E-state index >= 15 is 0 Å². The van der Waals surface area contributed by atoms with E-state index in [2.05, 4.69) is 50.2 Å². The monoisotopic (exact) mass is 433 g/mol. The van der Waals surface area contributed by atoms with Crippen molar-refractivity contribution in [1.29, 1.82) is 0 Å². The molecule has 0 aromatic heterocycles. The minimum Gasteiger partial charge on any atom is -0.310 e. The predicted octanol–water partition coefficient (Wildman–Crippen LogP) is 5.90. The molecule has 1 N–H and O–H groups in total. The number of benzene rings is 2. The van der Waals surface area contributed by atoms with Gasteiger partial charge in [0.15, 0.2) is 0 Å². The predicted molar refractivity (Wildman–Crippen MR) is 93.4 cm³/mol. The summed E-state index contributed by atoms with van der Waals surface area (Å²) in [5, 5.41) is 3.92.